The molecule has 1 amide bonds. The van der Waals surface area contributed by atoms with Crippen LogP contribution in [0.3, 0.4) is 0 Å². The Balaban J connectivity index is 1.16. The van der Waals surface area contributed by atoms with Crippen LogP contribution >= 0.6 is 22.7 Å². The Morgan fingerprint density at radius 1 is 0.953 bits per heavy atom. The first kappa shape index (κ1) is 28.1. The summed E-state index contributed by atoms with van der Waals surface area (Å²) in [5.74, 6) is 3.10. The first-order valence-corrected chi connectivity index (χ1v) is 14.7. The first-order chi connectivity index (χ1) is 20.9. The van der Waals surface area contributed by atoms with Crippen molar-refractivity contribution < 1.29 is 28.5 Å². The number of methoxy groups -OCH3 is 3. The number of carbonyl (C=O) groups is 1. The zero-order valence-electron chi connectivity index (χ0n) is 23.4. The summed E-state index contributed by atoms with van der Waals surface area (Å²) in [7, 11) is 4.68. The molecule has 5 aromatic rings. The Morgan fingerprint density at radius 3 is 2.51 bits per heavy atom. The quantitative estimate of drug-likeness (QED) is 0.166. The zero-order chi connectivity index (χ0) is 29.9. The molecule has 3 aromatic carbocycles. The van der Waals surface area contributed by atoms with Gasteiger partial charge in [0.25, 0.3) is 0 Å². The molecule has 6 rings (SSSR count). The fourth-order valence-electron chi connectivity index (χ4n) is 4.52. The highest BCUT2D eigenvalue weighted by molar-refractivity contribution is 7.23. The molecule has 1 aliphatic rings. The number of amides is 1. The maximum atomic E-state index is 12.8. The van der Waals surface area contributed by atoms with Gasteiger partial charge in [0.1, 0.15) is 15.7 Å². The minimum absolute atomic E-state index is 0.139. The van der Waals surface area contributed by atoms with E-state index in [-0.39, 0.29) is 19.1 Å². The molecule has 0 radical (unpaired) electrons. The number of nitrogens with two attached hydrogens (primary N) is 1. The monoisotopic (exact) mass is 617 g/mol. The molecule has 11 nitrogen and oxygen atoms in total. The van der Waals surface area contributed by atoms with Crippen LogP contribution in [0, 0.1) is 0 Å². The van der Waals surface area contributed by atoms with Crippen molar-refractivity contribution in [2.75, 3.05) is 44.5 Å². The second kappa shape index (κ2) is 12.1. The van der Waals surface area contributed by atoms with Gasteiger partial charge in [-0.15, -0.1) is 11.3 Å². The summed E-state index contributed by atoms with van der Waals surface area (Å²) in [6, 6.07) is 16.6. The van der Waals surface area contributed by atoms with Crippen LogP contribution in [0.4, 0.5) is 22.3 Å². The van der Waals surface area contributed by atoms with Crippen LogP contribution in [0.5, 0.6) is 28.7 Å². The Bertz CT molecular complexity index is 1780. The molecule has 0 spiro atoms. The standard InChI is InChI=1S/C30H27N5O6S2/c1-37-23-12-19(13-24(38-2)26(23)39-3)33-30-35-28(31)27(43-30)29-34-20(14-42-29)17-5-4-6-18(11-17)32-25(36)10-16-7-8-21-22(9-16)41-15-40-21/h4-9,11-14H,10,15,31H2,1-3H3,(H,32,36)(H,33,35). The van der Waals surface area contributed by atoms with E-state index in [1.807, 2.05) is 47.8 Å². The Hall–Kier alpha value is -5.01. The number of nitrogen functional groups attached to an aromatic ring is 1. The molecule has 0 fully saturated rings. The second-order valence-electron chi connectivity index (χ2n) is 9.30. The van der Waals surface area contributed by atoms with Gasteiger partial charge in [-0.05, 0) is 29.8 Å². The second-order valence-corrected chi connectivity index (χ2v) is 11.2. The third-order valence-corrected chi connectivity index (χ3v) is 8.49. The van der Waals surface area contributed by atoms with Gasteiger partial charge in [0.05, 0.1) is 33.4 Å². The summed E-state index contributed by atoms with van der Waals surface area (Å²) in [4.78, 5) is 22.8. The van der Waals surface area contributed by atoms with Crippen LogP contribution in [0.15, 0.2) is 60.0 Å². The zero-order valence-corrected chi connectivity index (χ0v) is 25.1. The van der Waals surface area contributed by atoms with Gasteiger partial charge in [-0.3, -0.25) is 4.79 Å². The summed E-state index contributed by atoms with van der Waals surface area (Å²) in [6.45, 7) is 0.193. The number of nitrogens with zero attached hydrogens (tertiary/aromatic N) is 2. The van der Waals surface area contributed by atoms with Gasteiger partial charge in [-0.25, -0.2) is 9.97 Å². The third-order valence-electron chi connectivity index (χ3n) is 6.51. The number of nitrogens with one attached hydrogen (secondary N) is 2. The van der Waals surface area contributed by atoms with Crippen molar-refractivity contribution in [2.24, 2.45) is 0 Å². The van der Waals surface area contributed by atoms with E-state index in [0.717, 1.165) is 26.7 Å². The number of benzene rings is 3. The van der Waals surface area contributed by atoms with Crippen molar-refractivity contribution in [1.82, 2.24) is 9.97 Å². The number of ether oxygens (including phenoxy) is 5. The lowest BCUT2D eigenvalue weighted by atomic mass is 10.1. The largest absolute Gasteiger partial charge is 0.493 e. The van der Waals surface area contributed by atoms with Gasteiger partial charge in [0, 0.05) is 34.5 Å². The van der Waals surface area contributed by atoms with E-state index in [1.165, 1.54) is 22.7 Å². The van der Waals surface area contributed by atoms with Crippen molar-refractivity contribution >= 4 is 50.9 Å². The molecule has 1 aliphatic heterocycles. The molecule has 0 unspecified atom stereocenters. The molecule has 2 aromatic heterocycles. The predicted octanol–water partition coefficient (Wildman–Crippen LogP) is 6.20. The Labute approximate surface area is 255 Å². The molecular weight excluding hydrogens is 590 g/mol. The van der Waals surface area contributed by atoms with Crippen molar-refractivity contribution in [2.45, 2.75) is 6.42 Å². The van der Waals surface area contributed by atoms with Gasteiger partial charge in [0.2, 0.25) is 18.4 Å². The number of rotatable bonds is 10. The molecular formula is C30H27N5O6S2. The summed E-state index contributed by atoms with van der Waals surface area (Å²) >= 11 is 2.85. The third kappa shape index (κ3) is 5.98. The number of aromatic nitrogens is 2. The van der Waals surface area contributed by atoms with Gasteiger partial charge in [0.15, 0.2) is 28.1 Å². The fraction of sp³-hybridized carbons (Fsp3) is 0.167. The number of thiazole rings is 2. The van der Waals surface area contributed by atoms with Crippen molar-refractivity contribution in [3.63, 3.8) is 0 Å². The van der Waals surface area contributed by atoms with Crippen LogP contribution in [-0.2, 0) is 11.2 Å². The molecule has 3 heterocycles. The molecule has 4 N–H and O–H groups in total. The summed E-state index contributed by atoms with van der Waals surface area (Å²) in [6.07, 6.45) is 0.207. The number of hydrogen-bond acceptors (Lipinski definition) is 12. The molecule has 43 heavy (non-hydrogen) atoms. The van der Waals surface area contributed by atoms with E-state index in [9.17, 15) is 4.79 Å². The molecule has 0 saturated heterocycles. The Morgan fingerprint density at radius 2 is 1.74 bits per heavy atom. The van der Waals surface area contributed by atoms with E-state index in [2.05, 4.69) is 15.6 Å². The minimum Gasteiger partial charge on any atom is -0.493 e. The smallest absolute Gasteiger partial charge is 0.231 e. The van der Waals surface area contributed by atoms with Gasteiger partial charge < -0.3 is 40.1 Å². The summed E-state index contributed by atoms with van der Waals surface area (Å²) < 4.78 is 27.0. The van der Waals surface area contributed by atoms with Crippen LogP contribution in [0.25, 0.3) is 21.1 Å². The normalized spacial score (nSPS) is 11.7. The maximum Gasteiger partial charge on any atom is 0.231 e. The van der Waals surface area contributed by atoms with Crippen LogP contribution in [-0.4, -0.2) is 44.0 Å². The lowest BCUT2D eigenvalue weighted by Crippen LogP contribution is -2.14. The van der Waals surface area contributed by atoms with Crippen molar-refractivity contribution in [3.05, 3.63) is 65.5 Å². The van der Waals surface area contributed by atoms with Gasteiger partial charge >= 0.3 is 0 Å². The highest BCUT2D eigenvalue weighted by Crippen LogP contribution is 2.43. The lowest BCUT2D eigenvalue weighted by Gasteiger charge is -2.14. The SMILES string of the molecule is COc1cc(Nc2nc(N)c(-c3nc(-c4cccc(NC(=O)Cc5ccc6c(c5)OCO6)c4)cs3)s2)cc(OC)c1OC. The van der Waals surface area contributed by atoms with Gasteiger partial charge in [-0.1, -0.05) is 29.5 Å². The van der Waals surface area contributed by atoms with E-state index < -0.39 is 0 Å². The number of hydrogen-bond donors (Lipinski definition) is 3. The number of fused-ring (bicyclic) bond motifs is 1. The topological polar surface area (TPSA) is 139 Å². The minimum atomic E-state index is -0.139. The maximum absolute atomic E-state index is 12.8. The fourth-order valence-corrected chi connectivity index (χ4v) is 6.36. The average molecular weight is 618 g/mol. The molecule has 0 bridgehead atoms. The van der Waals surface area contributed by atoms with E-state index in [0.29, 0.717) is 51.1 Å². The lowest BCUT2D eigenvalue weighted by molar-refractivity contribution is -0.115. The molecule has 0 saturated carbocycles. The highest BCUT2D eigenvalue weighted by atomic mass is 32.1. The number of anilines is 4. The summed E-state index contributed by atoms with van der Waals surface area (Å²) in [5, 5.41) is 9.51. The molecule has 0 aliphatic carbocycles. The van der Waals surface area contributed by atoms with E-state index in [1.54, 1.807) is 33.5 Å². The van der Waals surface area contributed by atoms with Crippen LogP contribution in [0.1, 0.15) is 5.56 Å². The molecule has 220 valence electrons. The predicted molar refractivity (Wildman–Crippen MR) is 167 cm³/mol. The average Bonchev–Trinajstić information content (AvgIpc) is 3.76. The first-order valence-electron chi connectivity index (χ1n) is 13.0. The van der Waals surface area contributed by atoms with Crippen molar-refractivity contribution in [1.29, 1.82) is 0 Å². The van der Waals surface area contributed by atoms with E-state index >= 15 is 0 Å². The van der Waals surface area contributed by atoms with Crippen LogP contribution < -0.4 is 40.1 Å². The van der Waals surface area contributed by atoms with Crippen molar-refractivity contribution in [3.8, 4) is 49.9 Å². The Kier molecular flexibility index (Phi) is 7.90. The molecule has 0 atom stereocenters. The number of carbonyl (C=O) groups excluding carboxylic acids is 1. The van der Waals surface area contributed by atoms with E-state index in [4.69, 9.17) is 34.4 Å². The van der Waals surface area contributed by atoms with Gasteiger partial charge in [-0.2, -0.15) is 0 Å². The van der Waals surface area contributed by atoms with Crippen LogP contribution in [0.2, 0.25) is 0 Å². The highest BCUT2D eigenvalue weighted by Gasteiger charge is 2.19. The molecule has 13 heteroatoms. The summed E-state index contributed by atoms with van der Waals surface area (Å²) in [5.41, 5.74) is 10.1.